The molecule has 1 aromatic rings. The maximum absolute atomic E-state index is 12.5. The third-order valence-electron chi connectivity index (χ3n) is 6.41. The lowest BCUT2D eigenvalue weighted by molar-refractivity contribution is -0.149. The Bertz CT molecular complexity index is 697. The molecule has 4 nitrogen and oxygen atoms in total. The highest BCUT2D eigenvalue weighted by Gasteiger charge is 2.57. The van der Waals surface area contributed by atoms with Gasteiger partial charge < -0.3 is 9.47 Å². The number of esters is 1. The van der Waals surface area contributed by atoms with Crippen LogP contribution in [-0.4, -0.2) is 29.8 Å². The Balaban J connectivity index is 1.33. The molecule has 4 fully saturated rings. The summed E-state index contributed by atoms with van der Waals surface area (Å²) in [6.45, 7) is -0.187. The van der Waals surface area contributed by atoms with Gasteiger partial charge in [-0.15, -0.1) is 0 Å². The molecule has 0 N–H and O–H groups in total. The van der Waals surface area contributed by atoms with Gasteiger partial charge in [-0.25, -0.2) is 0 Å². The molecule has 0 aromatic heterocycles. The van der Waals surface area contributed by atoms with E-state index in [2.05, 4.69) is 15.9 Å². The minimum absolute atomic E-state index is 0.0772. The molecule has 26 heavy (non-hydrogen) atoms. The largest absolute Gasteiger partial charge is 0.497 e. The first-order valence-electron chi connectivity index (χ1n) is 9.41. The van der Waals surface area contributed by atoms with Gasteiger partial charge in [-0.2, -0.15) is 0 Å². The van der Waals surface area contributed by atoms with Gasteiger partial charge in [-0.1, -0.05) is 15.9 Å². The first kappa shape index (κ1) is 18.0. The van der Waals surface area contributed by atoms with E-state index in [0.717, 1.165) is 31.1 Å². The van der Waals surface area contributed by atoms with E-state index in [1.807, 2.05) is 0 Å². The van der Waals surface area contributed by atoms with Gasteiger partial charge in [0, 0.05) is 9.89 Å². The average molecular weight is 421 g/mol. The highest BCUT2D eigenvalue weighted by Crippen LogP contribution is 2.65. The van der Waals surface area contributed by atoms with E-state index in [0.29, 0.717) is 17.7 Å². The van der Waals surface area contributed by atoms with Crippen LogP contribution in [0, 0.1) is 17.3 Å². The van der Waals surface area contributed by atoms with E-state index in [-0.39, 0.29) is 28.1 Å². The summed E-state index contributed by atoms with van der Waals surface area (Å²) in [5, 5.41) is 0. The summed E-state index contributed by atoms with van der Waals surface area (Å²) in [6, 6.07) is 6.87. The molecule has 0 radical (unpaired) electrons. The molecule has 5 rings (SSSR count). The molecular weight excluding hydrogens is 396 g/mol. The van der Waals surface area contributed by atoms with Gasteiger partial charge in [0.25, 0.3) is 0 Å². The van der Waals surface area contributed by atoms with Crippen molar-refractivity contribution in [3.63, 3.8) is 0 Å². The van der Waals surface area contributed by atoms with Gasteiger partial charge in [0.05, 0.1) is 13.5 Å². The molecule has 4 saturated carbocycles. The summed E-state index contributed by atoms with van der Waals surface area (Å²) in [5.74, 6) is 1.77. The molecule has 0 amide bonds. The van der Waals surface area contributed by atoms with Crippen LogP contribution in [0.1, 0.15) is 55.3 Å². The van der Waals surface area contributed by atoms with Gasteiger partial charge in [0.2, 0.25) is 0 Å². The van der Waals surface area contributed by atoms with Crippen LogP contribution in [0.15, 0.2) is 24.3 Å². The van der Waals surface area contributed by atoms with E-state index < -0.39 is 0 Å². The summed E-state index contributed by atoms with van der Waals surface area (Å²) in [4.78, 5) is 24.7. The van der Waals surface area contributed by atoms with Crippen LogP contribution in [0.25, 0.3) is 0 Å². The van der Waals surface area contributed by atoms with Crippen LogP contribution in [-0.2, 0) is 9.53 Å². The highest BCUT2D eigenvalue weighted by atomic mass is 79.9. The summed E-state index contributed by atoms with van der Waals surface area (Å²) in [7, 11) is 1.58. The third-order valence-corrected chi connectivity index (χ3v) is 7.33. The van der Waals surface area contributed by atoms with Crippen LogP contribution in [0.2, 0.25) is 0 Å². The fraction of sp³-hybridized carbons (Fsp3) is 0.619. The topological polar surface area (TPSA) is 52.6 Å². The van der Waals surface area contributed by atoms with Gasteiger partial charge in [-0.05, 0) is 80.0 Å². The number of carbonyl (C=O) groups excluding carboxylic acids is 2. The second-order valence-corrected chi connectivity index (χ2v) is 10.3. The van der Waals surface area contributed by atoms with E-state index >= 15 is 0 Å². The summed E-state index contributed by atoms with van der Waals surface area (Å²) >= 11 is 3.97. The van der Waals surface area contributed by atoms with Crippen LogP contribution < -0.4 is 4.74 Å². The number of benzene rings is 1. The van der Waals surface area contributed by atoms with Crippen LogP contribution in [0.4, 0.5) is 0 Å². The first-order chi connectivity index (χ1) is 12.4. The second kappa shape index (κ2) is 6.66. The number of carbonyl (C=O) groups is 2. The Kier molecular flexibility index (Phi) is 4.62. The van der Waals surface area contributed by atoms with Gasteiger partial charge in [-0.3, -0.25) is 9.59 Å². The number of hydrogen-bond acceptors (Lipinski definition) is 4. The van der Waals surface area contributed by atoms with E-state index in [1.165, 1.54) is 19.3 Å². The van der Waals surface area contributed by atoms with Gasteiger partial charge >= 0.3 is 5.97 Å². The molecule has 5 heteroatoms. The fourth-order valence-electron chi connectivity index (χ4n) is 5.91. The fourth-order valence-corrected chi connectivity index (χ4v) is 7.42. The lowest BCUT2D eigenvalue weighted by Gasteiger charge is -2.60. The number of alkyl halides is 1. The van der Waals surface area contributed by atoms with E-state index in [1.54, 1.807) is 31.4 Å². The Labute approximate surface area is 162 Å². The molecule has 0 saturated heterocycles. The maximum Gasteiger partial charge on any atom is 0.306 e. The molecule has 0 heterocycles. The lowest BCUT2D eigenvalue weighted by atomic mass is 9.49. The normalized spacial score (nSPS) is 34.5. The quantitative estimate of drug-likeness (QED) is 0.384. The average Bonchev–Trinajstić information content (AvgIpc) is 2.57. The number of methoxy groups -OCH3 is 1. The van der Waals surface area contributed by atoms with Crippen molar-refractivity contribution in [2.24, 2.45) is 17.3 Å². The molecule has 4 bridgehead atoms. The number of ether oxygens (including phenoxy) is 2. The molecule has 4 aliphatic carbocycles. The zero-order valence-corrected chi connectivity index (χ0v) is 16.7. The maximum atomic E-state index is 12.5. The minimum atomic E-state index is -0.232. The minimum Gasteiger partial charge on any atom is -0.497 e. The van der Waals surface area contributed by atoms with Crippen molar-refractivity contribution in [1.82, 2.24) is 0 Å². The number of hydrogen-bond donors (Lipinski definition) is 0. The van der Waals surface area contributed by atoms with Crippen molar-refractivity contribution in [3.05, 3.63) is 29.8 Å². The van der Waals surface area contributed by atoms with Crippen molar-refractivity contribution in [2.45, 2.75) is 49.3 Å². The molecule has 2 unspecified atom stereocenters. The van der Waals surface area contributed by atoms with Crippen molar-refractivity contribution >= 4 is 27.7 Å². The molecule has 4 atom stereocenters. The summed E-state index contributed by atoms with van der Waals surface area (Å²) < 4.78 is 10.7. The zero-order valence-electron chi connectivity index (χ0n) is 15.1. The van der Waals surface area contributed by atoms with Crippen molar-refractivity contribution in [1.29, 1.82) is 0 Å². The summed E-state index contributed by atoms with van der Waals surface area (Å²) in [6.07, 6.45) is 7.60. The monoisotopic (exact) mass is 420 g/mol. The second-order valence-electron chi connectivity index (χ2n) is 8.60. The van der Waals surface area contributed by atoms with Gasteiger partial charge in [0.1, 0.15) is 5.75 Å². The van der Waals surface area contributed by atoms with E-state index in [9.17, 15) is 9.59 Å². The predicted molar refractivity (Wildman–Crippen MR) is 102 cm³/mol. The molecule has 1 aromatic carbocycles. The molecule has 0 spiro atoms. The molecule has 4 aliphatic rings. The molecule has 0 aliphatic heterocycles. The third kappa shape index (κ3) is 3.55. The Morgan fingerprint density at radius 1 is 1.12 bits per heavy atom. The number of rotatable bonds is 6. The van der Waals surface area contributed by atoms with Crippen molar-refractivity contribution in [2.75, 3.05) is 13.7 Å². The number of Topliss-reactive ketones (excluding diaryl/α,β-unsaturated/α-hetero) is 1. The van der Waals surface area contributed by atoms with Crippen LogP contribution in [0.5, 0.6) is 5.75 Å². The van der Waals surface area contributed by atoms with Gasteiger partial charge in [0.15, 0.2) is 12.4 Å². The predicted octanol–water partition coefficient (Wildman–Crippen LogP) is 4.55. The smallest absolute Gasteiger partial charge is 0.306 e. The van der Waals surface area contributed by atoms with E-state index in [4.69, 9.17) is 9.47 Å². The summed E-state index contributed by atoms with van der Waals surface area (Å²) in [5.41, 5.74) is 0.612. The number of halogens is 1. The van der Waals surface area contributed by atoms with Crippen LogP contribution in [0.3, 0.4) is 0 Å². The molecule has 140 valence electrons. The Morgan fingerprint density at radius 3 is 2.35 bits per heavy atom. The van der Waals surface area contributed by atoms with Crippen molar-refractivity contribution < 1.29 is 19.1 Å². The number of ketones is 1. The SMILES string of the molecule is COc1ccc(C(=O)COC(=O)CC23C[C@@H]4C[C@@H](CC(Br)(C4)C2)C3)cc1. The Morgan fingerprint density at radius 2 is 1.77 bits per heavy atom. The Hall–Kier alpha value is -1.36. The lowest BCUT2D eigenvalue weighted by Crippen LogP contribution is -2.53. The zero-order chi connectivity index (χ0) is 18.4. The first-order valence-corrected chi connectivity index (χ1v) is 10.2. The van der Waals surface area contributed by atoms with Crippen LogP contribution >= 0.6 is 15.9 Å². The molecular formula is C21H25BrO4. The standard InChI is InChI=1S/C21H25BrO4/c1-25-17-4-2-16(3-5-17)18(23)12-26-19(24)11-20-7-14-6-15(8-20)10-21(22,9-14)13-20/h2-5,14-15H,6-13H2,1H3/t14-,15+,20?,21?. The highest BCUT2D eigenvalue weighted by molar-refractivity contribution is 9.10. The van der Waals surface area contributed by atoms with Crippen molar-refractivity contribution in [3.8, 4) is 5.75 Å².